The van der Waals surface area contributed by atoms with Crippen LogP contribution in [0.25, 0.3) is 0 Å². The lowest BCUT2D eigenvalue weighted by atomic mass is 10.4. The quantitative estimate of drug-likeness (QED) is 0.625. The summed E-state index contributed by atoms with van der Waals surface area (Å²) in [5, 5.41) is 0. The van der Waals surface area contributed by atoms with E-state index in [4.69, 9.17) is 4.74 Å². The number of allylic oxidation sites excluding steroid dienone is 1. The van der Waals surface area contributed by atoms with Crippen LogP contribution >= 0.6 is 22.6 Å². The van der Waals surface area contributed by atoms with Crippen molar-refractivity contribution in [1.29, 1.82) is 0 Å². The van der Waals surface area contributed by atoms with E-state index in [1.165, 1.54) is 0 Å². The first kappa shape index (κ1) is 9.51. The molecular weight excluding hydrogens is 265 g/mol. The van der Waals surface area contributed by atoms with Crippen molar-refractivity contribution in [3.8, 4) is 5.75 Å². The number of rotatable bonds is 3. The van der Waals surface area contributed by atoms with Gasteiger partial charge in [-0.1, -0.05) is 12.2 Å². The molecule has 64 valence electrons. The van der Waals surface area contributed by atoms with Gasteiger partial charge in [-0.05, 0) is 35.6 Å². The Bertz CT molecular complexity index is 273. The van der Waals surface area contributed by atoms with Crippen LogP contribution in [-0.4, -0.2) is 11.6 Å². The van der Waals surface area contributed by atoms with Crippen LogP contribution in [0.5, 0.6) is 5.75 Å². The van der Waals surface area contributed by atoms with E-state index in [0.29, 0.717) is 6.61 Å². The number of aromatic nitrogens is 1. The zero-order valence-electron chi connectivity index (χ0n) is 6.83. The Morgan fingerprint density at radius 3 is 3.17 bits per heavy atom. The number of hydrogen-bond donors (Lipinski definition) is 0. The second-order valence-corrected chi connectivity index (χ2v) is 3.35. The highest BCUT2D eigenvalue weighted by molar-refractivity contribution is 14.1. The monoisotopic (exact) mass is 275 g/mol. The van der Waals surface area contributed by atoms with Gasteiger partial charge in [-0.25, -0.2) is 0 Å². The topological polar surface area (TPSA) is 22.1 Å². The molecule has 0 aliphatic carbocycles. The summed E-state index contributed by atoms with van der Waals surface area (Å²) >= 11 is 2.22. The second kappa shape index (κ2) is 5.13. The third kappa shape index (κ3) is 2.81. The van der Waals surface area contributed by atoms with Crippen LogP contribution in [-0.2, 0) is 0 Å². The maximum Gasteiger partial charge on any atom is 0.151 e. The van der Waals surface area contributed by atoms with Gasteiger partial charge in [-0.3, -0.25) is 4.98 Å². The summed E-state index contributed by atoms with van der Waals surface area (Å²) in [6, 6.07) is 1.92. The lowest BCUT2D eigenvalue weighted by Crippen LogP contribution is -1.95. The Morgan fingerprint density at radius 1 is 1.67 bits per heavy atom. The molecule has 3 heteroatoms. The van der Waals surface area contributed by atoms with Crippen LogP contribution in [0.4, 0.5) is 0 Å². The number of ether oxygens (including phenoxy) is 1. The molecule has 0 amide bonds. The summed E-state index contributed by atoms with van der Waals surface area (Å²) in [7, 11) is 0. The van der Waals surface area contributed by atoms with E-state index in [0.717, 1.165) is 9.32 Å². The van der Waals surface area contributed by atoms with Crippen molar-refractivity contribution in [2.45, 2.75) is 6.92 Å². The number of nitrogens with zero attached hydrogens (tertiary/aromatic N) is 1. The molecule has 0 aliphatic heterocycles. The van der Waals surface area contributed by atoms with Crippen molar-refractivity contribution in [2.75, 3.05) is 6.61 Å². The molecule has 0 radical (unpaired) electrons. The average molecular weight is 275 g/mol. The molecule has 0 saturated heterocycles. The minimum Gasteiger partial charge on any atom is -0.487 e. The molecule has 0 fully saturated rings. The van der Waals surface area contributed by atoms with Crippen LogP contribution < -0.4 is 4.74 Å². The van der Waals surface area contributed by atoms with E-state index in [9.17, 15) is 0 Å². The van der Waals surface area contributed by atoms with E-state index in [1.807, 2.05) is 25.1 Å². The highest BCUT2D eigenvalue weighted by Gasteiger charge is 1.96. The molecule has 2 nitrogen and oxygen atoms in total. The predicted octanol–water partition coefficient (Wildman–Crippen LogP) is 2.64. The molecule has 0 aromatic carbocycles. The largest absolute Gasteiger partial charge is 0.487 e. The van der Waals surface area contributed by atoms with E-state index < -0.39 is 0 Å². The van der Waals surface area contributed by atoms with Crippen molar-refractivity contribution in [3.05, 3.63) is 34.2 Å². The van der Waals surface area contributed by atoms with Gasteiger partial charge in [0.1, 0.15) is 6.61 Å². The van der Waals surface area contributed by atoms with Crippen molar-refractivity contribution in [1.82, 2.24) is 4.98 Å². The summed E-state index contributed by atoms with van der Waals surface area (Å²) in [6.45, 7) is 2.58. The molecule has 0 aliphatic rings. The highest BCUT2D eigenvalue weighted by Crippen LogP contribution is 2.17. The maximum absolute atomic E-state index is 5.42. The maximum atomic E-state index is 5.42. The van der Waals surface area contributed by atoms with Crippen molar-refractivity contribution >= 4 is 22.6 Å². The van der Waals surface area contributed by atoms with Gasteiger partial charge in [0.05, 0.1) is 9.77 Å². The number of hydrogen-bond acceptors (Lipinski definition) is 2. The van der Waals surface area contributed by atoms with Crippen LogP contribution in [0.1, 0.15) is 6.92 Å². The Labute approximate surface area is 85.8 Å². The Kier molecular flexibility index (Phi) is 4.07. The second-order valence-electron chi connectivity index (χ2n) is 2.19. The number of halogens is 1. The first-order valence-electron chi connectivity index (χ1n) is 3.68. The van der Waals surface area contributed by atoms with Crippen molar-refractivity contribution in [2.24, 2.45) is 0 Å². The molecule has 12 heavy (non-hydrogen) atoms. The molecule has 0 atom stereocenters. The van der Waals surface area contributed by atoms with E-state index in [2.05, 4.69) is 27.6 Å². The molecule has 1 aromatic heterocycles. The van der Waals surface area contributed by atoms with Crippen LogP contribution in [0.3, 0.4) is 0 Å². The first-order valence-corrected chi connectivity index (χ1v) is 4.76. The lowest BCUT2D eigenvalue weighted by molar-refractivity contribution is 0.358. The SMILES string of the molecule is C/C=C/COc1cnccc1I. The first-order chi connectivity index (χ1) is 5.84. The Hall–Kier alpha value is -0.580. The molecule has 0 N–H and O–H groups in total. The van der Waals surface area contributed by atoms with Gasteiger partial charge in [-0.2, -0.15) is 0 Å². The fourth-order valence-electron chi connectivity index (χ4n) is 0.703. The Morgan fingerprint density at radius 2 is 2.50 bits per heavy atom. The van der Waals surface area contributed by atoms with Gasteiger partial charge in [0.25, 0.3) is 0 Å². The van der Waals surface area contributed by atoms with Crippen LogP contribution in [0, 0.1) is 3.57 Å². The van der Waals surface area contributed by atoms with E-state index in [-0.39, 0.29) is 0 Å². The van der Waals surface area contributed by atoms with Crippen molar-refractivity contribution in [3.63, 3.8) is 0 Å². The third-order valence-corrected chi connectivity index (χ3v) is 2.20. The molecule has 0 saturated carbocycles. The molecule has 0 spiro atoms. The fourth-order valence-corrected chi connectivity index (χ4v) is 1.16. The molecule has 0 unspecified atom stereocenters. The van der Waals surface area contributed by atoms with Crippen LogP contribution in [0.15, 0.2) is 30.6 Å². The molecule has 0 bridgehead atoms. The van der Waals surface area contributed by atoms with Gasteiger partial charge in [0.15, 0.2) is 5.75 Å². The third-order valence-electron chi connectivity index (χ3n) is 1.30. The van der Waals surface area contributed by atoms with Gasteiger partial charge >= 0.3 is 0 Å². The molecule has 1 rings (SSSR count). The summed E-state index contributed by atoms with van der Waals surface area (Å²) in [6.07, 6.45) is 7.40. The zero-order chi connectivity index (χ0) is 8.81. The van der Waals surface area contributed by atoms with E-state index >= 15 is 0 Å². The average Bonchev–Trinajstić information content (AvgIpc) is 2.09. The van der Waals surface area contributed by atoms with Crippen molar-refractivity contribution < 1.29 is 4.74 Å². The normalized spacial score (nSPS) is 10.5. The standard InChI is InChI=1S/C9H10INO/c1-2-3-6-12-9-7-11-5-4-8(9)10/h2-5,7H,6H2,1H3/b3-2+. The summed E-state index contributed by atoms with van der Waals surface area (Å²) < 4.78 is 6.51. The fraction of sp³-hybridized carbons (Fsp3) is 0.222. The minimum absolute atomic E-state index is 0.609. The lowest BCUT2D eigenvalue weighted by Gasteiger charge is -2.03. The van der Waals surface area contributed by atoms with Crippen LogP contribution in [0.2, 0.25) is 0 Å². The number of pyridine rings is 1. The van der Waals surface area contributed by atoms with E-state index in [1.54, 1.807) is 12.4 Å². The highest BCUT2D eigenvalue weighted by atomic mass is 127. The smallest absolute Gasteiger partial charge is 0.151 e. The predicted molar refractivity (Wildman–Crippen MR) is 57.3 cm³/mol. The van der Waals surface area contributed by atoms with Gasteiger partial charge in [-0.15, -0.1) is 0 Å². The summed E-state index contributed by atoms with van der Waals surface area (Å²) in [4.78, 5) is 3.97. The molecular formula is C9H10INO. The molecule has 1 heterocycles. The molecule has 1 aromatic rings. The Balaban J connectivity index is 2.57. The summed E-state index contributed by atoms with van der Waals surface area (Å²) in [5.41, 5.74) is 0. The minimum atomic E-state index is 0.609. The zero-order valence-corrected chi connectivity index (χ0v) is 8.98. The van der Waals surface area contributed by atoms with Gasteiger partial charge < -0.3 is 4.74 Å². The van der Waals surface area contributed by atoms with Gasteiger partial charge in [0, 0.05) is 6.20 Å². The summed E-state index contributed by atoms with van der Waals surface area (Å²) in [5.74, 6) is 0.844. The van der Waals surface area contributed by atoms with Gasteiger partial charge in [0.2, 0.25) is 0 Å².